The van der Waals surface area contributed by atoms with Crippen LogP contribution in [0.2, 0.25) is 0 Å². The second-order valence-electron chi connectivity index (χ2n) is 10.9. The highest BCUT2D eigenvalue weighted by Crippen LogP contribution is 2.28. The fourth-order valence-corrected chi connectivity index (χ4v) is 5.52. The average molecular weight is 520 g/mol. The summed E-state index contributed by atoms with van der Waals surface area (Å²) in [5.74, 6) is -1.75. The van der Waals surface area contributed by atoms with Gasteiger partial charge < -0.3 is 14.9 Å². The molecule has 7 heteroatoms. The quantitative estimate of drug-likeness (QED) is 0.373. The van der Waals surface area contributed by atoms with Crippen LogP contribution in [-0.4, -0.2) is 45.3 Å². The zero-order valence-electron chi connectivity index (χ0n) is 23.0. The van der Waals surface area contributed by atoms with Crippen molar-refractivity contribution in [2.24, 2.45) is 23.7 Å². The number of nitrogens with zero attached hydrogens (tertiary/aromatic N) is 1. The summed E-state index contributed by atoms with van der Waals surface area (Å²) in [5.41, 5.74) is 2.97. The molecular weight excluding hydrogens is 474 g/mol. The van der Waals surface area contributed by atoms with Crippen molar-refractivity contribution >= 4 is 29.2 Å². The van der Waals surface area contributed by atoms with Crippen LogP contribution >= 0.6 is 11.3 Å². The van der Waals surface area contributed by atoms with Gasteiger partial charge in [-0.3, -0.25) is 9.59 Å². The van der Waals surface area contributed by atoms with Crippen molar-refractivity contribution in [3.05, 3.63) is 33.3 Å². The number of carbonyl (C=O) groups excluding carboxylic acids is 2. The number of cyclic esters (lactones) is 1. The van der Waals surface area contributed by atoms with E-state index in [4.69, 9.17) is 4.74 Å². The lowest BCUT2D eigenvalue weighted by Crippen LogP contribution is -2.39. The number of rotatable bonds is 2. The fraction of sp³-hybridized carbons (Fsp3) is 0.690. The smallest absolute Gasteiger partial charge is 0.309 e. The van der Waals surface area contributed by atoms with E-state index in [9.17, 15) is 19.8 Å². The minimum Gasteiger partial charge on any atom is -0.457 e. The zero-order chi connectivity index (χ0) is 27.0. The predicted molar refractivity (Wildman–Crippen MR) is 146 cm³/mol. The van der Waals surface area contributed by atoms with Crippen molar-refractivity contribution in [2.75, 3.05) is 0 Å². The summed E-state index contributed by atoms with van der Waals surface area (Å²) in [6.45, 7) is 13.5. The molecule has 6 nitrogen and oxygen atoms in total. The second kappa shape index (κ2) is 14.2. The Balaban J connectivity index is 2.28. The van der Waals surface area contributed by atoms with Crippen molar-refractivity contribution < 1.29 is 24.5 Å². The molecular formula is C29H45NO5S. The maximum absolute atomic E-state index is 13.0. The van der Waals surface area contributed by atoms with E-state index >= 15 is 0 Å². The molecule has 2 N–H and O–H groups in total. The molecule has 0 aliphatic carbocycles. The molecule has 1 aromatic heterocycles. The number of hydrogen-bond donors (Lipinski definition) is 2. The molecule has 0 radical (unpaired) electrons. The first-order valence-corrected chi connectivity index (χ1v) is 14.1. The summed E-state index contributed by atoms with van der Waals surface area (Å²) in [6, 6.07) is 0. The van der Waals surface area contributed by atoms with Gasteiger partial charge in [0.05, 0.1) is 29.3 Å². The summed E-state index contributed by atoms with van der Waals surface area (Å²) in [4.78, 5) is 30.3. The number of ether oxygens (including phenoxy) is 1. The van der Waals surface area contributed by atoms with Crippen LogP contribution in [0.25, 0.3) is 6.08 Å². The van der Waals surface area contributed by atoms with Crippen molar-refractivity contribution in [1.29, 1.82) is 0 Å². The highest BCUT2D eigenvalue weighted by atomic mass is 32.1. The standard InChI is InChI=1S/C29H45NO5S/c1-17-9-8-10-18(2)13-20(4)28(33)22(6)29(34)21(5)25(31)15-27(32)35-26(12-11-17)19(3)14-24-16-36-23(7)30-24/h11,14,16,18,20-22,25-26,28,31,33H,8-10,12-13,15H2,1-7H3/b17-11-,19-14+/t18-,20+,21-,22-,25+,26+,28+/m1/s1. The lowest BCUT2D eigenvalue weighted by atomic mass is 9.80. The van der Waals surface area contributed by atoms with Crippen LogP contribution in [0.3, 0.4) is 0 Å². The molecule has 0 bridgehead atoms. The van der Waals surface area contributed by atoms with E-state index in [1.165, 1.54) is 5.57 Å². The molecule has 0 saturated carbocycles. The molecule has 0 fully saturated rings. The van der Waals surface area contributed by atoms with Crippen LogP contribution in [0, 0.1) is 30.6 Å². The number of aryl methyl sites for hydroxylation is 1. The zero-order valence-corrected chi connectivity index (χ0v) is 23.8. The van der Waals surface area contributed by atoms with Crippen LogP contribution in [0.1, 0.15) is 90.8 Å². The van der Waals surface area contributed by atoms with E-state index < -0.39 is 36.1 Å². The molecule has 0 spiro atoms. The summed E-state index contributed by atoms with van der Waals surface area (Å²) in [7, 11) is 0. The Morgan fingerprint density at radius 3 is 2.47 bits per heavy atom. The molecule has 7 atom stereocenters. The number of hydrogen-bond acceptors (Lipinski definition) is 7. The average Bonchev–Trinajstić information content (AvgIpc) is 3.23. The molecule has 1 aliphatic rings. The number of carbonyl (C=O) groups is 2. The van der Waals surface area contributed by atoms with Gasteiger partial charge in [0.25, 0.3) is 0 Å². The van der Waals surface area contributed by atoms with E-state index in [1.54, 1.807) is 25.2 Å². The number of allylic oxidation sites excluding steroid dienone is 1. The molecule has 1 aromatic rings. The van der Waals surface area contributed by atoms with Gasteiger partial charge in [-0.25, -0.2) is 4.98 Å². The normalized spacial score (nSPS) is 34.3. The van der Waals surface area contributed by atoms with E-state index in [0.29, 0.717) is 12.3 Å². The van der Waals surface area contributed by atoms with Crippen LogP contribution in [-0.2, 0) is 14.3 Å². The van der Waals surface area contributed by atoms with Crippen molar-refractivity contribution in [3.63, 3.8) is 0 Å². The van der Waals surface area contributed by atoms with E-state index in [2.05, 4.69) is 24.9 Å². The summed E-state index contributed by atoms with van der Waals surface area (Å²) < 4.78 is 5.82. The Labute approximate surface area is 220 Å². The number of aromatic nitrogens is 1. The second-order valence-corrected chi connectivity index (χ2v) is 12.0. The molecule has 0 saturated heterocycles. The minimum atomic E-state index is -1.17. The largest absolute Gasteiger partial charge is 0.457 e. The van der Waals surface area contributed by atoms with Gasteiger partial charge in [0.2, 0.25) is 0 Å². The van der Waals surface area contributed by atoms with E-state index in [1.807, 2.05) is 32.2 Å². The van der Waals surface area contributed by atoms with E-state index in [-0.39, 0.29) is 18.1 Å². The lowest BCUT2D eigenvalue weighted by Gasteiger charge is -2.29. The SMILES string of the molecule is C/C1=C/C[C@@H](/C(C)=C/c2csc(C)n2)OC(=O)C[C@H](O)[C@@H](C)C(=O)[C@H](C)[C@@H](O)[C@@H](C)C[C@H](C)CCC1. The maximum atomic E-state index is 13.0. The van der Waals surface area contributed by atoms with Crippen LogP contribution < -0.4 is 0 Å². The molecule has 202 valence electrons. The topological polar surface area (TPSA) is 96.7 Å². The third-order valence-electron chi connectivity index (χ3n) is 7.46. The predicted octanol–water partition coefficient (Wildman–Crippen LogP) is 5.90. The van der Waals surface area contributed by atoms with Crippen molar-refractivity contribution in [3.8, 4) is 0 Å². The first kappa shape index (κ1) is 30.4. The van der Waals surface area contributed by atoms with Gasteiger partial charge in [0, 0.05) is 23.6 Å². The van der Waals surface area contributed by atoms with Crippen molar-refractivity contribution in [1.82, 2.24) is 4.98 Å². The monoisotopic (exact) mass is 519 g/mol. The molecule has 1 aliphatic heterocycles. The number of esters is 1. The van der Waals surface area contributed by atoms with E-state index in [0.717, 1.165) is 42.0 Å². The lowest BCUT2D eigenvalue weighted by molar-refractivity contribution is -0.151. The third kappa shape index (κ3) is 9.24. The van der Waals surface area contributed by atoms with Gasteiger partial charge in [-0.1, -0.05) is 45.8 Å². The Morgan fingerprint density at radius 2 is 1.83 bits per heavy atom. The molecule has 0 aromatic carbocycles. The number of thiazole rings is 1. The summed E-state index contributed by atoms with van der Waals surface area (Å²) >= 11 is 1.57. The first-order chi connectivity index (χ1) is 16.9. The van der Waals surface area contributed by atoms with Gasteiger partial charge in [-0.2, -0.15) is 0 Å². The van der Waals surface area contributed by atoms with Crippen LogP contribution in [0.15, 0.2) is 22.6 Å². The first-order valence-electron chi connectivity index (χ1n) is 13.2. The van der Waals surface area contributed by atoms with Gasteiger partial charge in [0.15, 0.2) is 0 Å². The number of ketones is 1. The Morgan fingerprint density at radius 1 is 1.14 bits per heavy atom. The van der Waals surface area contributed by atoms with Crippen LogP contribution in [0.5, 0.6) is 0 Å². The molecule has 2 heterocycles. The number of Topliss-reactive ketones (excluding diaryl/α,β-unsaturated/α-hetero) is 1. The maximum Gasteiger partial charge on any atom is 0.309 e. The van der Waals surface area contributed by atoms with Crippen molar-refractivity contribution in [2.45, 2.75) is 105 Å². The summed E-state index contributed by atoms with van der Waals surface area (Å²) in [5, 5.41) is 24.5. The summed E-state index contributed by atoms with van der Waals surface area (Å²) in [6.07, 6.45) is 5.79. The van der Waals surface area contributed by atoms with Gasteiger partial charge in [-0.15, -0.1) is 11.3 Å². The van der Waals surface area contributed by atoms with Crippen LogP contribution in [0.4, 0.5) is 0 Å². The van der Waals surface area contributed by atoms with Gasteiger partial charge >= 0.3 is 5.97 Å². The Hall–Kier alpha value is -1.83. The highest BCUT2D eigenvalue weighted by molar-refractivity contribution is 7.09. The van der Waals surface area contributed by atoms with Gasteiger partial charge in [0.1, 0.15) is 11.9 Å². The fourth-order valence-electron chi connectivity index (χ4n) is 4.95. The Kier molecular flexibility index (Phi) is 12.0. The molecule has 36 heavy (non-hydrogen) atoms. The number of aliphatic hydroxyl groups excluding tert-OH is 2. The molecule has 0 amide bonds. The molecule has 2 rings (SSSR count). The Bertz CT molecular complexity index is 936. The minimum absolute atomic E-state index is 0.0270. The van der Waals surface area contributed by atoms with Gasteiger partial charge in [-0.05, 0) is 63.5 Å². The number of aliphatic hydroxyl groups is 2. The highest BCUT2D eigenvalue weighted by Gasteiger charge is 2.34. The molecule has 0 unspecified atom stereocenters. The third-order valence-corrected chi connectivity index (χ3v) is 8.25.